The van der Waals surface area contributed by atoms with Crippen molar-refractivity contribution in [1.29, 1.82) is 0 Å². The Balaban J connectivity index is 1.72. The number of benzene rings is 1. The third kappa shape index (κ3) is 5.60. The van der Waals surface area contributed by atoms with Gasteiger partial charge in [-0.15, -0.1) is 11.6 Å². The van der Waals surface area contributed by atoms with Gasteiger partial charge < -0.3 is 19.7 Å². The fourth-order valence-electron chi connectivity index (χ4n) is 2.63. The van der Waals surface area contributed by atoms with Crippen LogP contribution in [0.2, 0.25) is 0 Å². The summed E-state index contributed by atoms with van der Waals surface area (Å²) in [6.07, 6.45) is 1.45. The van der Waals surface area contributed by atoms with E-state index in [9.17, 15) is 9.59 Å². The minimum atomic E-state index is -0.335. The SMILES string of the molecule is COc1ccc(CC(=O)NC2CCN(C(=O)OCCCl)CC2)cc1. The maximum Gasteiger partial charge on any atom is 0.409 e. The van der Waals surface area contributed by atoms with Crippen molar-refractivity contribution in [3.05, 3.63) is 29.8 Å². The van der Waals surface area contributed by atoms with Gasteiger partial charge in [0, 0.05) is 19.1 Å². The second-order valence-corrected chi connectivity index (χ2v) is 6.04. The molecule has 0 aromatic heterocycles. The van der Waals surface area contributed by atoms with Crippen LogP contribution in [0.4, 0.5) is 4.79 Å². The highest BCUT2D eigenvalue weighted by Crippen LogP contribution is 2.14. The Bertz CT molecular complexity index is 542. The molecular formula is C17H23ClN2O4. The molecule has 1 aromatic rings. The van der Waals surface area contributed by atoms with Gasteiger partial charge in [0.05, 0.1) is 19.4 Å². The highest BCUT2D eigenvalue weighted by Gasteiger charge is 2.24. The molecule has 1 saturated heterocycles. The summed E-state index contributed by atoms with van der Waals surface area (Å²) in [6.45, 7) is 1.38. The van der Waals surface area contributed by atoms with Crippen molar-refractivity contribution >= 4 is 23.6 Å². The first-order valence-corrected chi connectivity index (χ1v) is 8.55. The molecule has 2 amide bonds. The van der Waals surface area contributed by atoms with Crippen LogP contribution in [-0.4, -0.2) is 55.6 Å². The van der Waals surface area contributed by atoms with Crippen molar-refractivity contribution in [1.82, 2.24) is 10.2 Å². The van der Waals surface area contributed by atoms with E-state index in [0.29, 0.717) is 25.4 Å². The van der Waals surface area contributed by atoms with E-state index in [0.717, 1.165) is 24.2 Å². The van der Waals surface area contributed by atoms with Gasteiger partial charge in [-0.1, -0.05) is 12.1 Å². The maximum atomic E-state index is 12.1. The van der Waals surface area contributed by atoms with E-state index >= 15 is 0 Å². The lowest BCUT2D eigenvalue weighted by atomic mass is 10.0. The summed E-state index contributed by atoms with van der Waals surface area (Å²) in [5.74, 6) is 1.06. The van der Waals surface area contributed by atoms with Crippen molar-refractivity contribution in [2.45, 2.75) is 25.3 Å². The average Bonchev–Trinajstić information content (AvgIpc) is 2.61. The van der Waals surface area contributed by atoms with Gasteiger partial charge in [0.25, 0.3) is 0 Å². The molecular weight excluding hydrogens is 332 g/mol. The van der Waals surface area contributed by atoms with Gasteiger partial charge in [-0.05, 0) is 30.5 Å². The van der Waals surface area contributed by atoms with E-state index in [4.69, 9.17) is 21.1 Å². The van der Waals surface area contributed by atoms with Crippen molar-refractivity contribution < 1.29 is 19.1 Å². The van der Waals surface area contributed by atoms with Gasteiger partial charge in [0.15, 0.2) is 0 Å². The predicted octanol–water partition coefficient (Wildman–Crippen LogP) is 2.19. The molecule has 0 aliphatic carbocycles. The molecule has 6 nitrogen and oxygen atoms in total. The molecule has 132 valence electrons. The smallest absolute Gasteiger partial charge is 0.409 e. The number of amides is 2. The molecule has 0 unspecified atom stereocenters. The van der Waals surface area contributed by atoms with Crippen LogP contribution in [0.3, 0.4) is 0 Å². The Morgan fingerprint density at radius 3 is 2.50 bits per heavy atom. The highest BCUT2D eigenvalue weighted by molar-refractivity contribution is 6.18. The topological polar surface area (TPSA) is 67.9 Å². The second-order valence-electron chi connectivity index (χ2n) is 5.66. The third-order valence-electron chi connectivity index (χ3n) is 3.94. The molecule has 0 radical (unpaired) electrons. The molecule has 1 aromatic carbocycles. The first-order chi connectivity index (χ1) is 11.6. The molecule has 1 heterocycles. The van der Waals surface area contributed by atoms with Crippen molar-refractivity contribution in [2.75, 3.05) is 32.7 Å². The second kappa shape index (κ2) is 9.37. The third-order valence-corrected chi connectivity index (χ3v) is 4.10. The van der Waals surface area contributed by atoms with Gasteiger partial charge in [-0.2, -0.15) is 0 Å². The maximum absolute atomic E-state index is 12.1. The lowest BCUT2D eigenvalue weighted by Gasteiger charge is -2.31. The van der Waals surface area contributed by atoms with Gasteiger partial charge in [-0.25, -0.2) is 4.79 Å². The largest absolute Gasteiger partial charge is 0.497 e. The number of hydrogen-bond acceptors (Lipinski definition) is 4. The summed E-state index contributed by atoms with van der Waals surface area (Å²) in [5, 5.41) is 3.03. The first kappa shape index (κ1) is 18.4. The Labute approximate surface area is 147 Å². The number of halogens is 1. The lowest BCUT2D eigenvalue weighted by Crippen LogP contribution is -2.47. The molecule has 1 aliphatic heterocycles. The summed E-state index contributed by atoms with van der Waals surface area (Å²) >= 11 is 5.50. The summed E-state index contributed by atoms with van der Waals surface area (Å²) in [5.41, 5.74) is 0.940. The molecule has 0 spiro atoms. The normalized spacial score (nSPS) is 15.0. The molecule has 1 aliphatic rings. The molecule has 0 saturated carbocycles. The molecule has 0 bridgehead atoms. The van der Waals surface area contributed by atoms with Gasteiger partial charge in [0.2, 0.25) is 5.91 Å². The van der Waals surface area contributed by atoms with Crippen LogP contribution in [-0.2, 0) is 16.0 Å². The average molecular weight is 355 g/mol. The minimum Gasteiger partial charge on any atom is -0.497 e. The van der Waals surface area contributed by atoms with Crippen LogP contribution in [0.5, 0.6) is 5.75 Å². The van der Waals surface area contributed by atoms with Crippen molar-refractivity contribution in [3.63, 3.8) is 0 Å². The number of nitrogens with one attached hydrogen (secondary N) is 1. The molecule has 24 heavy (non-hydrogen) atoms. The Kier molecular flexibility index (Phi) is 7.18. The summed E-state index contributed by atoms with van der Waals surface area (Å²) in [4.78, 5) is 25.5. The monoisotopic (exact) mass is 354 g/mol. The summed E-state index contributed by atoms with van der Waals surface area (Å²) in [7, 11) is 1.61. The molecule has 1 N–H and O–H groups in total. The van der Waals surface area contributed by atoms with Gasteiger partial charge in [-0.3, -0.25) is 4.79 Å². The Morgan fingerprint density at radius 1 is 1.25 bits per heavy atom. The summed E-state index contributed by atoms with van der Waals surface area (Å²) < 4.78 is 10.1. The van der Waals surface area contributed by atoms with Crippen LogP contribution in [0.25, 0.3) is 0 Å². The number of piperidine rings is 1. The number of nitrogens with zero attached hydrogens (tertiary/aromatic N) is 1. The minimum absolute atomic E-state index is 0.0108. The quantitative estimate of drug-likeness (QED) is 0.795. The van der Waals surface area contributed by atoms with Gasteiger partial charge in [0.1, 0.15) is 12.4 Å². The number of likely N-dealkylation sites (tertiary alicyclic amines) is 1. The zero-order valence-electron chi connectivity index (χ0n) is 13.8. The zero-order valence-corrected chi connectivity index (χ0v) is 14.6. The standard InChI is InChI=1S/C17H23ClN2O4/c1-23-15-4-2-13(3-5-15)12-16(21)19-14-6-9-20(10-7-14)17(22)24-11-8-18/h2-5,14H,6-12H2,1H3,(H,19,21). The van der Waals surface area contributed by atoms with Crippen LogP contribution in [0.1, 0.15) is 18.4 Å². The fourth-order valence-corrected chi connectivity index (χ4v) is 2.71. The Hall–Kier alpha value is -1.95. The van der Waals surface area contributed by atoms with Gasteiger partial charge >= 0.3 is 6.09 Å². The number of alkyl halides is 1. The first-order valence-electron chi connectivity index (χ1n) is 8.02. The zero-order chi connectivity index (χ0) is 17.4. The van der Waals surface area contributed by atoms with Crippen LogP contribution >= 0.6 is 11.6 Å². The lowest BCUT2D eigenvalue weighted by molar-refractivity contribution is -0.121. The number of methoxy groups -OCH3 is 1. The van der Waals surface area contributed by atoms with Crippen LogP contribution in [0.15, 0.2) is 24.3 Å². The van der Waals surface area contributed by atoms with Crippen molar-refractivity contribution in [3.8, 4) is 5.75 Å². The fraction of sp³-hybridized carbons (Fsp3) is 0.529. The van der Waals surface area contributed by atoms with E-state index in [1.165, 1.54) is 0 Å². The van der Waals surface area contributed by atoms with Crippen molar-refractivity contribution in [2.24, 2.45) is 0 Å². The molecule has 2 rings (SSSR count). The van der Waals surface area contributed by atoms with E-state index in [-0.39, 0.29) is 24.6 Å². The Morgan fingerprint density at radius 2 is 1.92 bits per heavy atom. The van der Waals surface area contributed by atoms with Crippen LogP contribution < -0.4 is 10.1 Å². The number of carbonyl (C=O) groups is 2. The van der Waals surface area contributed by atoms with E-state index < -0.39 is 0 Å². The highest BCUT2D eigenvalue weighted by atomic mass is 35.5. The number of hydrogen-bond donors (Lipinski definition) is 1. The number of carbonyl (C=O) groups excluding carboxylic acids is 2. The van der Waals surface area contributed by atoms with Crippen LogP contribution in [0, 0.1) is 0 Å². The number of ether oxygens (including phenoxy) is 2. The van der Waals surface area contributed by atoms with E-state index in [1.54, 1.807) is 12.0 Å². The predicted molar refractivity (Wildman–Crippen MR) is 91.5 cm³/mol. The molecule has 0 atom stereocenters. The molecule has 1 fully saturated rings. The molecule has 7 heteroatoms. The van der Waals surface area contributed by atoms with E-state index in [1.807, 2.05) is 24.3 Å². The number of rotatable bonds is 6. The summed E-state index contributed by atoms with van der Waals surface area (Å²) in [6, 6.07) is 7.54. The van der Waals surface area contributed by atoms with E-state index in [2.05, 4.69) is 5.32 Å².